The lowest BCUT2D eigenvalue weighted by Crippen LogP contribution is -2.17. The molecular formula is C37H38N4O2. The van der Waals surface area contributed by atoms with E-state index in [1.807, 2.05) is 63.4 Å². The number of aryl methyl sites for hydroxylation is 3. The van der Waals surface area contributed by atoms with Gasteiger partial charge < -0.3 is 14.1 Å². The van der Waals surface area contributed by atoms with Crippen LogP contribution in [0.25, 0.3) is 39.1 Å². The maximum absolute atomic E-state index is 12.4. The lowest BCUT2D eigenvalue weighted by Gasteiger charge is -2.23. The molecule has 0 unspecified atom stereocenters. The lowest BCUT2D eigenvalue weighted by atomic mass is 9.81. The minimum absolute atomic E-state index is 0.277. The fourth-order valence-electron chi connectivity index (χ4n) is 6.09. The van der Waals surface area contributed by atoms with E-state index in [9.17, 15) is 9.90 Å². The number of pyridine rings is 1. The predicted molar refractivity (Wildman–Crippen MR) is 174 cm³/mol. The Kier molecular flexibility index (Phi) is 7.17. The molecule has 0 saturated carbocycles. The lowest BCUT2D eigenvalue weighted by molar-refractivity contribution is 0.0695. The molecule has 0 aliphatic carbocycles. The van der Waals surface area contributed by atoms with Crippen molar-refractivity contribution in [3.63, 3.8) is 0 Å². The number of aromatic nitrogens is 4. The van der Waals surface area contributed by atoms with Crippen molar-refractivity contribution in [2.24, 2.45) is 0 Å². The van der Waals surface area contributed by atoms with Gasteiger partial charge in [0, 0.05) is 30.9 Å². The Bertz CT molecular complexity index is 1990. The van der Waals surface area contributed by atoms with Gasteiger partial charge in [-0.15, -0.1) is 0 Å². The first kappa shape index (κ1) is 28.4. The van der Waals surface area contributed by atoms with Gasteiger partial charge in [-0.2, -0.15) is 0 Å². The average Bonchev–Trinajstić information content (AvgIpc) is 3.56. The topological polar surface area (TPSA) is 72.4 Å². The van der Waals surface area contributed by atoms with Crippen molar-refractivity contribution in [1.29, 1.82) is 0 Å². The highest BCUT2D eigenvalue weighted by atomic mass is 16.4. The number of carboxylic acids is 1. The van der Waals surface area contributed by atoms with E-state index in [2.05, 4.69) is 66.3 Å². The van der Waals surface area contributed by atoms with Crippen LogP contribution in [0.2, 0.25) is 0 Å². The molecule has 3 heterocycles. The van der Waals surface area contributed by atoms with E-state index in [0.29, 0.717) is 12.1 Å². The van der Waals surface area contributed by atoms with E-state index in [1.165, 1.54) is 0 Å². The molecule has 218 valence electrons. The van der Waals surface area contributed by atoms with Crippen molar-refractivity contribution < 1.29 is 9.90 Å². The third-order valence-corrected chi connectivity index (χ3v) is 8.26. The summed E-state index contributed by atoms with van der Waals surface area (Å²) in [5.74, 6) is 0.171. The van der Waals surface area contributed by atoms with Crippen molar-refractivity contribution in [3.05, 3.63) is 113 Å². The van der Waals surface area contributed by atoms with Crippen LogP contribution in [-0.4, -0.2) is 30.0 Å². The quantitative estimate of drug-likeness (QED) is 0.209. The van der Waals surface area contributed by atoms with Gasteiger partial charge in [0.05, 0.1) is 22.3 Å². The molecule has 0 atom stereocenters. The zero-order valence-corrected chi connectivity index (χ0v) is 25.8. The van der Waals surface area contributed by atoms with Gasteiger partial charge in [-0.3, -0.25) is 0 Å². The number of nitrogens with zero attached hydrogens (tertiary/aromatic N) is 4. The number of rotatable bonds is 7. The Hall–Kier alpha value is -4.71. The summed E-state index contributed by atoms with van der Waals surface area (Å²) in [6, 6.07) is 22.6. The van der Waals surface area contributed by atoms with E-state index in [4.69, 9.17) is 9.97 Å². The number of hydrogen-bond donors (Lipinski definition) is 1. The molecule has 6 rings (SSSR count). The summed E-state index contributed by atoms with van der Waals surface area (Å²) < 4.78 is 4.41. The smallest absolute Gasteiger partial charge is 0.336 e. The highest BCUT2D eigenvalue weighted by Crippen LogP contribution is 2.34. The first-order valence-electron chi connectivity index (χ1n) is 15.0. The molecule has 0 aliphatic heterocycles. The molecule has 0 fully saturated rings. The van der Waals surface area contributed by atoms with E-state index in [1.54, 1.807) is 0 Å². The summed E-state index contributed by atoms with van der Waals surface area (Å²) in [7, 11) is 0. The van der Waals surface area contributed by atoms with Crippen LogP contribution in [-0.2, 0) is 18.4 Å². The summed E-state index contributed by atoms with van der Waals surface area (Å²) in [6.07, 6.45) is 6.02. The first-order valence-corrected chi connectivity index (χ1v) is 15.0. The van der Waals surface area contributed by atoms with Crippen molar-refractivity contribution in [1.82, 2.24) is 18.9 Å². The molecule has 0 bridgehead atoms. The molecule has 0 spiro atoms. The SMILES string of the molecule is CCCc1nc2c(C)cc(-c3cn4cccc(C)c4n3)cc2n1Cc1ccc(-c2cccc(C(C)(C)C)c2C(=O)O)cc1. The normalized spacial score (nSPS) is 12.0. The standard InChI is InChI=1S/C37H38N4O2/c1-7-10-32-39-34-24(3)19-27(30-22-40-18-9-11-23(2)35(40)38-30)20-31(34)41(32)21-25-14-16-26(17-15-25)28-12-8-13-29(37(4,5)6)33(28)36(42)43/h8-9,11-20,22H,7,10,21H2,1-6H3,(H,42,43). The molecule has 0 amide bonds. The molecule has 1 N–H and O–H groups in total. The monoisotopic (exact) mass is 570 g/mol. The van der Waals surface area contributed by atoms with Crippen LogP contribution in [0.5, 0.6) is 0 Å². The second kappa shape index (κ2) is 10.8. The van der Waals surface area contributed by atoms with Gasteiger partial charge in [-0.25, -0.2) is 14.8 Å². The van der Waals surface area contributed by atoms with Crippen LogP contribution >= 0.6 is 0 Å². The van der Waals surface area contributed by atoms with Crippen molar-refractivity contribution in [2.45, 2.75) is 66.3 Å². The molecule has 6 heteroatoms. The number of carbonyl (C=O) groups is 1. The Balaban J connectivity index is 1.40. The summed E-state index contributed by atoms with van der Waals surface area (Å²) in [4.78, 5) is 22.4. The van der Waals surface area contributed by atoms with Crippen LogP contribution in [0.4, 0.5) is 0 Å². The van der Waals surface area contributed by atoms with Crippen LogP contribution in [0.3, 0.4) is 0 Å². The summed E-state index contributed by atoms with van der Waals surface area (Å²) in [5.41, 5.74) is 11.1. The van der Waals surface area contributed by atoms with Crippen molar-refractivity contribution in [3.8, 4) is 22.4 Å². The van der Waals surface area contributed by atoms with Crippen LogP contribution < -0.4 is 0 Å². The van der Waals surface area contributed by atoms with E-state index in [0.717, 1.165) is 80.0 Å². The molecule has 6 aromatic rings. The van der Waals surface area contributed by atoms with Gasteiger partial charge in [0.15, 0.2) is 0 Å². The average molecular weight is 571 g/mol. The Morgan fingerprint density at radius 3 is 2.35 bits per heavy atom. The largest absolute Gasteiger partial charge is 0.478 e. The van der Waals surface area contributed by atoms with Gasteiger partial charge in [0.1, 0.15) is 11.5 Å². The molecule has 3 aromatic heterocycles. The minimum atomic E-state index is -0.898. The van der Waals surface area contributed by atoms with Crippen LogP contribution in [0.1, 0.15) is 72.6 Å². The maximum atomic E-state index is 12.4. The van der Waals surface area contributed by atoms with Gasteiger partial charge in [-0.1, -0.05) is 76.2 Å². The second-order valence-corrected chi connectivity index (χ2v) is 12.6. The van der Waals surface area contributed by atoms with E-state index < -0.39 is 5.97 Å². The van der Waals surface area contributed by atoms with Gasteiger partial charge >= 0.3 is 5.97 Å². The van der Waals surface area contributed by atoms with Gasteiger partial charge in [0.2, 0.25) is 0 Å². The molecule has 43 heavy (non-hydrogen) atoms. The minimum Gasteiger partial charge on any atom is -0.478 e. The first-order chi connectivity index (χ1) is 20.5. The zero-order chi connectivity index (χ0) is 30.5. The van der Waals surface area contributed by atoms with Gasteiger partial charge in [-0.05, 0) is 77.3 Å². The number of aromatic carboxylic acids is 1. The highest BCUT2D eigenvalue weighted by molar-refractivity contribution is 5.98. The molecule has 0 radical (unpaired) electrons. The number of imidazole rings is 2. The zero-order valence-electron chi connectivity index (χ0n) is 25.8. The second-order valence-electron chi connectivity index (χ2n) is 12.6. The predicted octanol–water partition coefficient (Wildman–Crippen LogP) is 8.63. The molecule has 0 saturated heterocycles. The van der Waals surface area contributed by atoms with Crippen LogP contribution in [0, 0.1) is 13.8 Å². The Morgan fingerprint density at radius 2 is 1.67 bits per heavy atom. The highest BCUT2D eigenvalue weighted by Gasteiger charge is 2.24. The van der Waals surface area contributed by atoms with Gasteiger partial charge in [0.25, 0.3) is 0 Å². The maximum Gasteiger partial charge on any atom is 0.336 e. The third kappa shape index (κ3) is 5.22. The number of fused-ring (bicyclic) bond motifs is 2. The van der Waals surface area contributed by atoms with Crippen molar-refractivity contribution >= 4 is 22.6 Å². The Labute approximate surface area is 252 Å². The molecule has 3 aromatic carbocycles. The van der Waals surface area contributed by atoms with Crippen molar-refractivity contribution in [2.75, 3.05) is 0 Å². The molecule has 6 nitrogen and oxygen atoms in total. The molecule has 0 aliphatic rings. The van der Waals surface area contributed by atoms with E-state index in [-0.39, 0.29) is 5.41 Å². The number of benzene rings is 3. The number of carboxylic acid groups (broad SMARTS) is 1. The molecular weight excluding hydrogens is 532 g/mol. The Morgan fingerprint density at radius 1 is 0.907 bits per heavy atom. The number of hydrogen-bond acceptors (Lipinski definition) is 3. The third-order valence-electron chi connectivity index (χ3n) is 8.26. The van der Waals surface area contributed by atoms with Crippen LogP contribution in [0.15, 0.2) is 79.1 Å². The fraction of sp³-hybridized carbons (Fsp3) is 0.270. The fourth-order valence-corrected chi connectivity index (χ4v) is 6.09. The summed E-state index contributed by atoms with van der Waals surface area (Å²) in [5, 5.41) is 10.1. The summed E-state index contributed by atoms with van der Waals surface area (Å²) >= 11 is 0. The van der Waals surface area contributed by atoms with E-state index >= 15 is 0 Å². The summed E-state index contributed by atoms with van der Waals surface area (Å²) in [6.45, 7) is 13.2.